The van der Waals surface area contributed by atoms with Gasteiger partial charge in [-0.1, -0.05) is 13.0 Å². The van der Waals surface area contributed by atoms with Crippen LogP contribution in [-0.2, 0) is 44.2 Å². The third-order valence-corrected chi connectivity index (χ3v) is 6.62. The highest BCUT2D eigenvalue weighted by molar-refractivity contribution is 5.95. The molecule has 0 spiro atoms. The van der Waals surface area contributed by atoms with Crippen LogP contribution in [0.1, 0.15) is 42.0 Å². The van der Waals surface area contributed by atoms with E-state index in [0.717, 1.165) is 16.5 Å². The van der Waals surface area contributed by atoms with Crippen molar-refractivity contribution in [1.82, 2.24) is 9.55 Å². The van der Waals surface area contributed by atoms with Crippen LogP contribution in [0, 0.1) is 0 Å². The molecule has 2 aliphatic heterocycles. The number of methoxy groups -OCH3 is 1. The summed E-state index contributed by atoms with van der Waals surface area (Å²) in [5.74, 6) is -1.08. The van der Waals surface area contributed by atoms with Crippen molar-refractivity contribution in [1.29, 1.82) is 0 Å². The van der Waals surface area contributed by atoms with Crippen molar-refractivity contribution in [3.63, 3.8) is 0 Å². The first-order valence-electron chi connectivity index (χ1n) is 10.7. The highest BCUT2D eigenvalue weighted by atomic mass is 16.6. The summed E-state index contributed by atoms with van der Waals surface area (Å²) in [7, 11) is 1.34. The molecule has 0 amide bonds. The summed E-state index contributed by atoms with van der Waals surface area (Å²) < 4.78 is 11.4. The second kappa shape index (κ2) is 7.41. The maximum Gasteiger partial charge on any atom is 0.343 e. The quantitative estimate of drug-likeness (QED) is 0.356. The van der Waals surface area contributed by atoms with Gasteiger partial charge < -0.3 is 24.9 Å². The van der Waals surface area contributed by atoms with Gasteiger partial charge in [0, 0.05) is 28.6 Å². The summed E-state index contributed by atoms with van der Waals surface area (Å²) in [6.45, 7) is 1.79. The summed E-state index contributed by atoms with van der Waals surface area (Å²) in [5, 5.41) is 11.7. The third-order valence-electron chi connectivity index (χ3n) is 6.62. The molecule has 0 saturated heterocycles. The molecule has 170 valence electrons. The zero-order valence-electron chi connectivity index (χ0n) is 18.3. The average Bonchev–Trinajstić information content (AvgIpc) is 3.18. The minimum Gasteiger partial charge on any atom is -0.469 e. The van der Waals surface area contributed by atoms with Crippen LogP contribution in [0.4, 0.5) is 5.69 Å². The number of benzene rings is 1. The second-order valence-electron chi connectivity index (χ2n) is 8.39. The number of nitrogens with two attached hydrogens (primary N) is 1. The first-order chi connectivity index (χ1) is 15.8. The minimum atomic E-state index is -1.88. The van der Waals surface area contributed by atoms with E-state index in [1.54, 1.807) is 23.6 Å². The summed E-state index contributed by atoms with van der Waals surface area (Å²) in [5.41, 5.74) is 8.51. The molecule has 33 heavy (non-hydrogen) atoms. The van der Waals surface area contributed by atoms with Gasteiger partial charge in [-0.15, -0.1) is 0 Å². The molecule has 0 aliphatic carbocycles. The minimum absolute atomic E-state index is 0.0773. The summed E-state index contributed by atoms with van der Waals surface area (Å²) in [6, 6.07) is 7.19. The Morgan fingerprint density at radius 2 is 2.12 bits per heavy atom. The lowest BCUT2D eigenvalue weighted by Gasteiger charge is -2.31. The van der Waals surface area contributed by atoms with Gasteiger partial charge in [0.05, 0.1) is 36.1 Å². The maximum absolute atomic E-state index is 13.3. The van der Waals surface area contributed by atoms with Crippen molar-refractivity contribution in [2.75, 3.05) is 12.8 Å². The van der Waals surface area contributed by atoms with E-state index in [0.29, 0.717) is 35.6 Å². The zero-order valence-corrected chi connectivity index (χ0v) is 18.3. The number of cyclic esters (lactones) is 1. The molecule has 1 aromatic carbocycles. The van der Waals surface area contributed by atoms with Gasteiger partial charge in [-0.2, -0.15) is 0 Å². The van der Waals surface area contributed by atoms with Gasteiger partial charge in [0.1, 0.15) is 6.61 Å². The molecule has 3 aromatic rings. The number of carbonyl (C=O) groups is 2. The van der Waals surface area contributed by atoms with Crippen molar-refractivity contribution in [3.05, 3.63) is 56.9 Å². The van der Waals surface area contributed by atoms with E-state index in [2.05, 4.69) is 0 Å². The first-order valence-corrected chi connectivity index (χ1v) is 10.7. The molecule has 0 bridgehead atoms. The molecule has 3 N–H and O–H groups in total. The Bertz CT molecular complexity index is 1410. The number of fused-ring (bicyclic) bond motifs is 5. The Morgan fingerprint density at radius 1 is 1.33 bits per heavy atom. The molecule has 9 heteroatoms. The smallest absolute Gasteiger partial charge is 0.343 e. The largest absolute Gasteiger partial charge is 0.469 e. The molecule has 9 nitrogen and oxygen atoms in total. The van der Waals surface area contributed by atoms with E-state index in [4.69, 9.17) is 20.2 Å². The number of aryl methyl sites for hydroxylation is 1. The second-order valence-corrected chi connectivity index (χ2v) is 8.39. The normalized spacial score (nSPS) is 18.5. The molecule has 1 atom stereocenters. The monoisotopic (exact) mass is 449 g/mol. The van der Waals surface area contributed by atoms with Crippen molar-refractivity contribution in [2.24, 2.45) is 0 Å². The fraction of sp³-hybridized carbons (Fsp3) is 0.333. The number of aromatic nitrogens is 2. The zero-order chi connectivity index (χ0) is 23.5. The van der Waals surface area contributed by atoms with E-state index in [1.807, 2.05) is 12.1 Å². The molecule has 4 heterocycles. The van der Waals surface area contributed by atoms with Crippen LogP contribution in [0.5, 0.6) is 0 Å². The van der Waals surface area contributed by atoms with Gasteiger partial charge in [0.25, 0.3) is 5.56 Å². The number of nitrogens with zero attached hydrogens (tertiary/aromatic N) is 2. The first kappa shape index (κ1) is 21.1. The number of esters is 2. The lowest BCUT2D eigenvalue weighted by Crippen LogP contribution is -2.44. The van der Waals surface area contributed by atoms with Crippen LogP contribution < -0.4 is 11.3 Å². The molecule has 0 saturated carbocycles. The lowest BCUT2D eigenvalue weighted by molar-refractivity contribution is -0.172. The Morgan fingerprint density at radius 3 is 2.85 bits per heavy atom. The predicted octanol–water partition coefficient (Wildman–Crippen LogP) is 1.77. The predicted molar refractivity (Wildman–Crippen MR) is 119 cm³/mol. The molecule has 0 fully saturated rings. The van der Waals surface area contributed by atoms with Crippen LogP contribution in [0.25, 0.3) is 22.3 Å². The maximum atomic E-state index is 13.3. The van der Waals surface area contributed by atoms with E-state index < -0.39 is 11.6 Å². The van der Waals surface area contributed by atoms with Crippen molar-refractivity contribution >= 4 is 28.5 Å². The number of rotatable bonds is 4. The van der Waals surface area contributed by atoms with Crippen LogP contribution >= 0.6 is 0 Å². The number of hydrogen-bond donors (Lipinski definition) is 2. The van der Waals surface area contributed by atoms with Gasteiger partial charge in [-0.05, 0) is 36.6 Å². The molecule has 2 aliphatic rings. The number of anilines is 1. The van der Waals surface area contributed by atoms with Gasteiger partial charge in [-0.25, -0.2) is 9.78 Å². The number of carbonyl (C=O) groups excluding carboxylic acids is 2. The Labute approximate surface area is 188 Å². The van der Waals surface area contributed by atoms with Crippen molar-refractivity contribution < 1.29 is 24.2 Å². The Hall–Kier alpha value is -3.72. The fourth-order valence-corrected chi connectivity index (χ4v) is 4.68. The summed E-state index contributed by atoms with van der Waals surface area (Å²) in [4.78, 5) is 42.1. The molecule has 2 aromatic heterocycles. The Balaban J connectivity index is 1.71. The lowest BCUT2D eigenvalue weighted by atomic mass is 9.86. The topological polar surface area (TPSA) is 134 Å². The fourth-order valence-electron chi connectivity index (χ4n) is 4.68. The molecule has 1 unspecified atom stereocenters. The molecule has 0 radical (unpaired) electrons. The Kier molecular flexibility index (Phi) is 4.75. The van der Waals surface area contributed by atoms with E-state index in [1.165, 1.54) is 7.11 Å². The SMILES string of the molecule is CCC1(O)C(=O)OCc2c1cc1n(c2=O)Cc2cc3c(N)ccc(CCC(=O)OC)c3nc2-1. The van der Waals surface area contributed by atoms with E-state index in [-0.39, 0.29) is 42.1 Å². The van der Waals surface area contributed by atoms with Gasteiger partial charge in [0.15, 0.2) is 5.60 Å². The van der Waals surface area contributed by atoms with Gasteiger partial charge in [-0.3, -0.25) is 9.59 Å². The number of ether oxygens (including phenoxy) is 2. The number of aliphatic hydroxyl groups is 1. The standard InChI is InChI=1S/C24H23N3O6/c1-3-24(31)16-9-18-21-13(10-27(18)22(29)15(16)11-33-23(24)30)8-14-17(25)6-4-12(20(14)26-21)5-7-19(28)32-2/h4,6,8-9,31H,3,5,7,10-11,25H2,1-2H3. The highest BCUT2D eigenvalue weighted by Gasteiger charge is 2.45. The number of pyridine rings is 2. The summed E-state index contributed by atoms with van der Waals surface area (Å²) in [6.07, 6.45) is 0.699. The number of hydrogen-bond acceptors (Lipinski definition) is 8. The van der Waals surface area contributed by atoms with E-state index in [9.17, 15) is 19.5 Å². The highest BCUT2D eigenvalue weighted by Crippen LogP contribution is 2.39. The van der Waals surface area contributed by atoms with Gasteiger partial charge >= 0.3 is 11.9 Å². The third kappa shape index (κ3) is 3.03. The molecular formula is C24H23N3O6. The van der Waals surface area contributed by atoms with Crippen LogP contribution in [0.3, 0.4) is 0 Å². The molecule has 5 rings (SSSR count). The van der Waals surface area contributed by atoms with Crippen molar-refractivity contribution in [2.45, 2.75) is 44.9 Å². The summed E-state index contributed by atoms with van der Waals surface area (Å²) >= 11 is 0. The van der Waals surface area contributed by atoms with Crippen LogP contribution in [0.2, 0.25) is 0 Å². The van der Waals surface area contributed by atoms with Crippen molar-refractivity contribution in [3.8, 4) is 11.4 Å². The van der Waals surface area contributed by atoms with E-state index >= 15 is 0 Å². The van der Waals surface area contributed by atoms with Crippen LogP contribution in [-0.4, -0.2) is 33.7 Å². The van der Waals surface area contributed by atoms with Gasteiger partial charge in [0.2, 0.25) is 0 Å². The average molecular weight is 449 g/mol. The molecular weight excluding hydrogens is 426 g/mol. The van der Waals surface area contributed by atoms with Crippen LogP contribution in [0.15, 0.2) is 29.1 Å². The number of nitrogen functional groups attached to an aromatic ring is 1.